The molecule has 0 saturated carbocycles. The van der Waals surface area contributed by atoms with Crippen LogP contribution in [-0.4, -0.2) is 31.3 Å². The van der Waals surface area contributed by atoms with Gasteiger partial charge in [0, 0.05) is 19.2 Å². The van der Waals surface area contributed by atoms with Crippen molar-refractivity contribution in [2.24, 2.45) is 7.05 Å². The molecule has 0 saturated heterocycles. The number of hydrogen-bond donors (Lipinski definition) is 1. The van der Waals surface area contributed by atoms with Crippen LogP contribution >= 0.6 is 23.4 Å². The van der Waals surface area contributed by atoms with Crippen LogP contribution in [-0.2, 0) is 11.8 Å². The average molecular weight is 476 g/mol. The van der Waals surface area contributed by atoms with Crippen LogP contribution in [0.3, 0.4) is 0 Å². The molecule has 11 heteroatoms. The summed E-state index contributed by atoms with van der Waals surface area (Å²) < 4.78 is 7.82. The van der Waals surface area contributed by atoms with Gasteiger partial charge < -0.3 is 14.6 Å². The molecule has 1 N–H and O–H groups in total. The Balaban J connectivity index is 1.62. The largest absolute Gasteiger partial charge is 0.482 e. The third kappa shape index (κ3) is 5.57. The fourth-order valence-corrected chi connectivity index (χ4v) is 3.90. The van der Waals surface area contributed by atoms with E-state index in [1.165, 1.54) is 30.0 Å². The van der Waals surface area contributed by atoms with Crippen molar-refractivity contribution in [3.8, 4) is 5.75 Å². The molecule has 1 amide bonds. The van der Waals surface area contributed by atoms with E-state index in [2.05, 4.69) is 15.5 Å². The highest BCUT2D eigenvalue weighted by Crippen LogP contribution is 2.28. The molecule has 2 aromatic carbocycles. The van der Waals surface area contributed by atoms with Gasteiger partial charge in [0.25, 0.3) is 5.69 Å². The van der Waals surface area contributed by atoms with Crippen LogP contribution in [0, 0.1) is 24.0 Å². The van der Waals surface area contributed by atoms with Crippen LogP contribution in [0.5, 0.6) is 5.75 Å². The predicted molar refractivity (Wildman–Crippen MR) is 123 cm³/mol. The number of benzene rings is 2. The highest BCUT2D eigenvalue weighted by molar-refractivity contribution is 7.99. The summed E-state index contributed by atoms with van der Waals surface area (Å²) in [5.41, 5.74) is 2.21. The highest BCUT2D eigenvalue weighted by atomic mass is 35.5. The second kappa shape index (κ2) is 10.0. The van der Waals surface area contributed by atoms with Crippen molar-refractivity contribution in [3.05, 3.63) is 68.5 Å². The highest BCUT2D eigenvalue weighted by Gasteiger charge is 2.19. The minimum atomic E-state index is -0.552. The Bertz CT molecular complexity index is 1170. The number of thioether (sulfide) groups is 1. The van der Waals surface area contributed by atoms with E-state index in [1.807, 2.05) is 39.0 Å². The third-order valence-corrected chi connectivity index (χ3v) is 5.98. The van der Waals surface area contributed by atoms with Gasteiger partial charge in [-0.2, -0.15) is 0 Å². The van der Waals surface area contributed by atoms with E-state index in [0.29, 0.717) is 11.0 Å². The monoisotopic (exact) mass is 475 g/mol. The lowest BCUT2D eigenvalue weighted by Gasteiger charge is -2.16. The molecule has 1 unspecified atom stereocenters. The summed E-state index contributed by atoms with van der Waals surface area (Å²) in [5, 5.41) is 22.6. The van der Waals surface area contributed by atoms with Gasteiger partial charge in [-0.25, -0.2) is 0 Å². The summed E-state index contributed by atoms with van der Waals surface area (Å²) in [6.07, 6.45) is -0.347. The van der Waals surface area contributed by atoms with Crippen molar-refractivity contribution in [3.63, 3.8) is 0 Å². The van der Waals surface area contributed by atoms with Crippen LogP contribution in [0.4, 0.5) is 11.4 Å². The number of hydrogen-bond acceptors (Lipinski definition) is 7. The first kappa shape index (κ1) is 23.6. The first-order valence-electron chi connectivity index (χ1n) is 9.65. The van der Waals surface area contributed by atoms with Crippen molar-refractivity contribution in [2.75, 3.05) is 11.1 Å². The van der Waals surface area contributed by atoms with Gasteiger partial charge in [-0.1, -0.05) is 41.1 Å². The van der Waals surface area contributed by atoms with Gasteiger partial charge in [0.15, 0.2) is 17.1 Å². The van der Waals surface area contributed by atoms with Crippen molar-refractivity contribution >= 4 is 40.6 Å². The smallest absolute Gasteiger partial charge is 0.271 e. The minimum absolute atomic E-state index is 0.0251. The molecule has 3 rings (SSSR count). The Labute approximate surface area is 194 Å². The van der Waals surface area contributed by atoms with Crippen LogP contribution < -0.4 is 10.1 Å². The lowest BCUT2D eigenvalue weighted by atomic mass is 10.1. The molecule has 9 nitrogen and oxygen atoms in total. The number of nitro groups is 1. The van der Waals surface area contributed by atoms with Gasteiger partial charge in [-0.05, 0) is 38.5 Å². The fraction of sp³-hybridized carbons (Fsp3) is 0.286. The van der Waals surface area contributed by atoms with Gasteiger partial charge >= 0.3 is 0 Å². The van der Waals surface area contributed by atoms with E-state index in [0.717, 1.165) is 16.9 Å². The quantitative estimate of drug-likeness (QED) is 0.281. The van der Waals surface area contributed by atoms with Crippen LogP contribution in [0.2, 0.25) is 5.02 Å². The lowest BCUT2D eigenvalue weighted by molar-refractivity contribution is -0.384. The normalized spacial score (nSPS) is 11.8. The molecule has 0 fully saturated rings. The van der Waals surface area contributed by atoms with Crippen LogP contribution in [0.25, 0.3) is 0 Å². The van der Waals surface area contributed by atoms with Crippen molar-refractivity contribution in [1.82, 2.24) is 14.8 Å². The van der Waals surface area contributed by atoms with Crippen LogP contribution in [0.15, 0.2) is 41.6 Å². The average Bonchev–Trinajstić information content (AvgIpc) is 3.10. The zero-order valence-corrected chi connectivity index (χ0v) is 19.5. The number of rotatable bonds is 8. The summed E-state index contributed by atoms with van der Waals surface area (Å²) in [4.78, 5) is 22.7. The zero-order valence-electron chi connectivity index (χ0n) is 18.0. The number of carbonyl (C=O) groups excluding carboxylic acids is 1. The Morgan fingerprint density at radius 2 is 2.03 bits per heavy atom. The van der Waals surface area contributed by atoms with Crippen molar-refractivity contribution < 1.29 is 14.5 Å². The number of nitrogens with zero attached hydrogens (tertiary/aromatic N) is 4. The Hall–Kier alpha value is -3.11. The number of halogens is 1. The van der Waals surface area contributed by atoms with Crippen LogP contribution in [0.1, 0.15) is 30.0 Å². The van der Waals surface area contributed by atoms with Crippen molar-refractivity contribution in [1.29, 1.82) is 0 Å². The molecule has 1 heterocycles. The second-order valence-electron chi connectivity index (χ2n) is 7.19. The fourth-order valence-electron chi connectivity index (χ4n) is 3.02. The maximum atomic E-state index is 12.3. The summed E-state index contributed by atoms with van der Waals surface area (Å²) in [6, 6.07) is 9.82. The molecular weight excluding hydrogens is 454 g/mol. The number of anilines is 1. The summed E-state index contributed by atoms with van der Waals surface area (Å²) in [6.45, 7) is 5.89. The summed E-state index contributed by atoms with van der Waals surface area (Å²) in [5.74, 6) is 1.04. The molecule has 32 heavy (non-hydrogen) atoms. The van der Waals surface area contributed by atoms with E-state index < -0.39 is 4.92 Å². The molecule has 3 aromatic rings. The molecule has 0 radical (unpaired) electrons. The molecule has 168 valence electrons. The Morgan fingerprint density at radius 1 is 1.28 bits per heavy atom. The minimum Gasteiger partial charge on any atom is -0.482 e. The van der Waals surface area contributed by atoms with Crippen molar-refractivity contribution in [2.45, 2.75) is 32.0 Å². The molecule has 0 bridgehead atoms. The first-order chi connectivity index (χ1) is 15.2. The van der Waals surface area contributed by atoms with E-state index in [1.54, 1.807) is 11.6 Å². The Kier molecular flexibility index (Phi) is 7.37. The molecule has 1 aromatic heterocycles. The first-order valence-corrected chi connectivity index (χ1v) is 11.0. The lowest BCUT2D eigenvalue weighted by Crippen LogP contribution is -2.15. The molecular formula is C21H22ClN5O4S. The number of aryl methyl sites for hydroxylation is 2. The standard InChI is InChI=1S/C21H22ClN5O4S/c1-12-5-8-18(13(2)9-12)31-14(3)20-24-25-21(26(20)4)32-11-19(28)23-17-10-15(27(29)30)6-7-16(17)22/h5-10,14H,11H2,1-4H3,(H,23,28). The van der Waals surface area contributed by atoms with Gasteiger partial charge in [-0.3, -0.25) is 14.9 Å². The molecule has 1 atom stereocenters. The van der Waals surface area contributed by atoms with E-state index in [4.69, 9.17) is 16.3 Å². The summed E-state index contributed by atoms with van der Waals surface area (Å²) >= 11 is 7.21. The number of amides is 1. The van der Waals surface area contributed by atoms with Gasteiger partial charge in [0.1, 0.15) is 5.75 Å². The zero-order chi connectivity index (χ0) is 23.4. The van der Waals surface area contributed by atoms with Gasteiger partial charge in [0.2, 0.25) is 5.91 Å². The Morgan fingerprint density at radius 3 is 2.72 bits per heavy atom. The number of nitrogens with one attached hydrogen (secondary N) is 1. The molecule has 0 aliphatic carbocycles. The molecule has 0 spiro atoms. The second-order valence-corrected chi connectivity index (χ2v) is 8.54. The maximum absolute atomic E-state index is 12.3. The van der Waals surface area contributed by atoms with E-state index >= 15 is 0 Å². The topological polar surface area (TPSA) is 112 Å². The van der Waals surface area contributed by atoms with Gasteiger partial charge in [0.05, 0.1) is 21.4 Å². The number of nitro benzene ring substituents is 1. The predicted octanol–water partition coefficient (Wildman–Crippen LogP) is 4.86. The summed E-state index contributed by atoms with van der Waals surface area (Å²) in [7, 11) is 1.80. The number of ether oxygens (including phenoxy) is 1. The van der Waals surface area contributed by atoms with Gasteiger partial charge in [-0.15, -0.1) is 10.2 Å². The third-order valence-electron chi connectivity index (χ3n) is 4.63. The number of non-ortho nitro benzene ring substituents is 1. The number of aromatic nitrogens is 3. The molecule has 0 aliphatic heterocycles. The maximum Gasteiger partial charge on any atom is 0.271 e. The SMILES string of the molecule is Cc1ccc(OC(C)c2nnc(SCC(=O)Nc3cc([N+](=O)[O-])ccc3Cl)n2C)c(C)c1. The number of carbonyl (C=O) groups is 1. The van der Waals surface area contributed by atoms with E-state index in [9.17, 15) is 14.9 Å². The molecule has 0 aliphatic rings. The van der Waals surface area contributed by atoms with E-state index in [-0.39, 0.29) is 34.2 Å².